The Morgan fingerprint density at radius 3 is 2.46 bits per heavy atom. The van der Waals surface area contributed by atoms with Gasteiger partial charge in [0.05, 0.1) is 19.0 Å². The number of ether oxygens (including phenoxy) is 1. The predicted octanol–water partition coefficient (Wildman–Crippen LogP) is 4.96. The molecule has 1 amide bonds. The molecular weight excluding hydrogens is 476 g/mol. The molecule has 1 fully saturated rings. The molecule has 1 aliphatic heterocycles. The second kappa shape index (κ2) is 9.50. The Balaban J connectivity index is 1.44. The Hall–Kier alpha value is -3.72. The lowest BCUT2D eigenvalue weighted by Crippen LogP contribution is -2.48. The van der Waals surface area contributed by atoms with Crippen LogP contribution in [0.4, 0.5) is 14.5 Å². The van der Waals surface area contributed by atoms with E-state index in [1.165, 1.54) is 12.3 Å². The second-order valence-corrected chi connectivity index (χ2v) is 8.58. The van der Waals surface area contributed by atoms with Gasteiger partial charge in [-0.25, -0.2) is 18.3 Å². The summed E-state index contributed by atoms with van der Waals surface area (Å²) in [6, 6.07) is 15.8. The maximum absolute atomic E-state index is 13.9. The van der Waals surface area contributed by atoms with Crippen LogP contribution in [0, 0.1) is 0 Å². The van der Waals surface area contributed by atoms with Crippen molar-refractivity contribution in [1.29, 1.82) is 0 Å². The fraction of sp³-hybridized carbons (Fsp3) is 0.240. The third-order valence-electron chi connectivity index (χ3n) is 6.08. The van der Waals surface area contributed by atoms with Crippen molar-refractivity contribution in [3.05, 3.63) is 77.1 Å². The highest BCUT2D eigenvalue weighted by molar-refractivity contribution is 6.30. The normalized spacial score (nSPS) is 14.1. The highest BCUT2D eigenvalue weighted by Gasteiger charge is 2.27. The number of halogens is 3. The number of piperazine rings is 1. The first kappa shape index (κ1) is 23.0. The van der Waals surface area contributed by atoms with Crippen LogP contribution in [0.3, 0.4) is 0 Å². The summed E-state index contributed by atoms with van der Waals surface area (Å²) in [5, 5.41) is 4.73. The highest BCUT2D eigenvalue weighted by atomic mass is 35.5. The molecule has 5 rings (SSSR count). The molecule has 0 unspecified atom stereocenters. The summed E-state index contributed by atoms with van der Waals surface area (Å²) in [6.45, 7) is 2.20. The number of fused-ring (bicyclic) bond motifs is 1. The SMILES string of the molecule is COc1ccc(-c2cc(C(F)F)n3ncc(C(=O)N4CCN(c5cccc(Cl)c5)CC4)c3n2)cc1. The van der Waals surface area contributed by atoms with Gasteiger partial charge in [0.25, 0.3) is 12.3 Å². The number of amides is 1. The lowest BCUT2D eigenvalue weighted by molar-refractivity contribution is 0.0748. The van der Waals surface area contributed by atoms with Crippen LogP contribution in [-0.4, -0.2) is 58.7 Å². The number of alkyl halides is 2. The van der Waals surface area contributed by atoms with Crippen molar-refractivity contribution in [3.8, 4) is 17.0 Å². The van der Waals surface area contributed by atoms with Gasteiger partial charge in [-0.1, -0.05) is 17.7 Å². The molecule has 3 heterocycles. The number of nitrogens with zero attached hydrogens (tertiary/aromatic N) is 5. The maximum Gasteiger partial charge on any atom is 0.280 e. The summed E-state index contributed by atoms with van der Waals surface area (Å²) in [5.74, 6) is 0.353. The molecule has 1 aliphatic rings. The third kappa shape index (κ3) is 4.51. The summed E-state index contributed by atoms with van der Waals surface area (Å²) in [7, 11) is 1.55. The number of methoxy groups -OCH3 is 1. The van der Waals surface area contributed by atoms with Gasteiger partial charge in [-0.15, -0.1) is 0 Å². The summed E-state index contributed by atoms with van der Waals surface area (Å²) in [4.78, 5) is 21.8. The van der Waals surface area contributed by atoms with E-state index in [4.69, 9.17) is 16.3 Å². The van der Waals surface area contributed by atoms with Gasteiger partial charge in [-0.05, 0) is 48.5 Å². The Kier molecular flexibility index (Phi) is 6.25. The van der Waals surface area contributed by atoms with E-state index in [2.05, 4.69) is 15.0 Å². The van der Waals surface area contributed by atoms with Crippen LogP contribution in [0.2, 0.25) is 5.02 Å². The second-order valence-electron chi connectivity index (χ2n) is 8.15. The molecule has 0 spiro atoms. The van der Waals surface area contributed by atoms with E-state index < -0.39 is 6.43 Å². The molecule has 1 saturated heterocycles. The largest absolute Gasteiger partial charge is 0.497 e. The fourth-order valence-corrected chi connectivity index (χ4v) is 4.40. The summed E-state index contributed by atoms with van der Waals surface area (Å²) >= 11 is 6.11. The van der Waals surface area contributed by atoms with E-state index in [1.54, 1.807) is 36.3 Å². The van der Waals surface area contributed by atoms with Gasteiger partial charge in [0.15, 0.2) is 5.65 Å². The summed E-state index contributed by atoms with van der Waals surface area (Å²) in [5.41, 5.74) is 1.92. The number of benzene rings is 2. The molecule has 10 heteroatoms. The Labute approximate surface area is 205 Å². The zero-order valence-corrected chi connectivity index (χ0v) is 19.6. The van der Waals surface area contributed by atoms with Crippen LogP contribution >= 0.6 is 11.6 Å². The van der Waals surface area contributed by atoms with Gasteiger partial charge in [-0.3, -0.25) is 4.79 Å². The van der Waals surface area contributed by atoms with Gasteiger partial charge in [0.2, 0.25) is 0 Å². The van der Waals surface area contributed by atoms with Gasteiger partial charge in [0.1, 0.15) is 17.0 Å². The van der Waals surface area contributed by atoms with Crippen LogP contribution in [-0.2, 0) is 0 Å². The molecule has 0 bridgehead atoms. The van der Waals surface area contributed by atoms with Gasteiger partial charge in [0, 0.05) is 42.5 Å². The van der Waals surface area contributed by atoms with E-state index >= 15 is 0 Å². The molecule has 0 N–H and O–H groups in total. The van der Waals surface area contributed by atoms with Crippen molar-refractivity contribution in [1.82, 2.24) is 19.5 Å². The average Bonchev–Trinajstić information content (AvgIpc) is 3.32. The number of aromatic nitrogens is 3. The van der Waals surface area contributed by atoms with Crippen molar-refractivity contribution in [2.45, 2.75) is 6.43 Å². The molecule has 4 aromatic rings. The highest BCUT2D eigenvalue weighted by Crippen LogP contribution is 2.28. The van der Waals surface area contributed by atoms with Crippen LogP contribution in [0.15, 0.2) is 60.8 Å². The van der Waals surface area contributed by atoms with Crippen molar-refractivity contribution in [2.75, 3.05) is 38.2 Å². The minimum absolute atomic E-state index is 0.107. The van der Waals surface area contributed by atoms with E-state index in [-0.39, 0.29) is 22.8 Å². The molecule has 7 nitrogen and oxygen atoms in total. The maximum atomic E-state index is 13.9. The van der Waals surface area contributed by atoms with Gasteiger partial charge < -0.3 is 14.5 Å². The monoisotopic (exact) mass is 497 g/mol. The van der Waals surface area contributed by atoms with Gasteiger partial charge >= 0.3 is 0 Å². The van der Waals surface area contributed by atoms with E-state index in [0.29, 0.717) is 48.2 Å². The first-order valence-corrected chi connectivity index (χ1v) is 11.4. The van der Waals surface area contributed by atoms with Crippen molar-refractivity contribution >= 4 is 28.8 Å². The molecule has 35 heavy (non-hydrogen) atoms. The molecule has 0 saturated carbocycles. The molecule has 2 aromatic carbocycles. The zero-order chi connectivity index (χ0) is 24.5. The van der Waals surface area contributed by atoms with E-state index in [9.17, 15) is 13.6 Å². The van der Waals surface area contributed by atoms with Crippen molar-refractivity contribution in [2.24, 2.45) is 0 Å². The van der Waals surface area contributed by atoms with Crippen molar-refractivity contribution < 1.29 is 18.3 Å². The average molecular weight is 498 g/mol. The Morgan fingerprint density at radius 1 is 1.06 bits per heavy atom. The topological polar surface area (TPSA) is 63.0 Å². The molecule has 0 radical (unpaired) electrons. The van der Waals surface area contributed by atoms with Gasteiger partial charge in [-0.2, -0.15) is 5.10 Å². The summed E-state index contributed by atoms with van der Waals surface area (Å²) < 4.78 is 34.0. The number of rotatable bonds is 5. The summed E-state index contributed by atoms with van der Waals surface area (Å²) in [6.07, 6.45) is -1.47. The Bertz CT molecular complexity index is 1370. The van der Waals surface area contributed by atoms with E-state index in [1.807, 2.05) is 24.3 Å². The first-order chi connectivity index (χ1) is 16.9. The molecular formula is C25H22ClF2N5O2. The molecule has 2 aromatic heterocycles. The quantitative estimate of drug-likeness (QED) is 0.390. The zero-order valence-electron chi connectivity index (χ0n) is 18.9. The number of carbonyl (C=O) groups is 1. The van der Waals surface area contributed by atoms with Crippen LogP contribution in [0.1, 0.15) is 22.5 Å². The predicted molar refractivity (Wildman–Crippen MR) is 130 cm³/mol. The minimum atomic E-state index is -2.79. The third-order valence-corrected chi connectivity index (χ3v) is 6.31. The fourth-order valence-electron chi connectivity index (χ4n) is 4.21. The van der Waals surface area contributed by atoms with Crippen LogP contribution in [0.25, 0.3) is 16.9 Å². The number of anilines is 1. The standard InChI is InChI=1S/C25H22ClF2N5O2/c1-35-19-7-5-16(6-8-19)21-14-22(23(27)28)33-24(30-21)20(15-29-33)25(34)32-11-9-31(10-12-32)18-4-2-3-17(26)13-18/h2-8,13-15,23H,9-12H2,1H3. The Morgan fingerprint density at radius 2 is 1.80 bits per heavy atom. The lowest BCUT2D eigenvalue weighted by Gasteiger charge is -2.36. The molecule has 0 atom stereocenters. The van der Waals surface area contributed by atoms with Crippen molar-refractivity contribution in [3.63, 3.8) is 0 Å². The minimum Gasteiger partial charge on any atom is -0.497 e. The van der Waals surface area contributed by atoms with E-state index in [0.717, 1.165) is 10.2 Å². The smallest absolute Gasteiger partial charge is 0.280 e. The first-order valence-electron chi connectivity index (χ1n) is 11.1. The number of hydrogen-bond donors (Lipinski definition) is 0. The van der Waals surface area contributed by atoms with Crippen LogP contribution < -0.4 is 9.64 Å². The lowest BCUT2D eigenvalue weighted by atomic mass is 10.1. The number of carbonyl (C=O) groups excluding carboxylic acids is 1. The molecule has 180 valence electrons. The van der Waals surface area contributed by atoms with Crippen LogP contribution in [0.5, 0.6) is 5.75 Å². The molecule has 0 aliphatic carbocycles. The number of hydrogen-bond acceptors (Lipinski definition) is 5.